The molecule has 0 unspecified atom stereocenters. The molecule has 1 spiro atoms. The number of pyridine rings is 1. The summed E-state index contributed by atoms with van der Waals surface area (Å²) in [4.78, 5) is 15.0. The molecule has 2 aromatic heterocycles. The Hall–Kier alpha value is -3.71. The van der Waals surface area contributed by atoms with Crippen molar-refractivity contribution in [3.63, 3.8) is 0 Å². The number of hydrogen-bond acceptors (Lipinski definition) is 8. The van der Waals surface area contributed by atoms with Crippen molar-refractivity contribution in [1.82, 2.24) is 15.0 Å². The number of nitrogens with one attached hydrogen (secondary N) is 1. The third kappa shape index (κ3) is 5.23. The number of nitrogens with zero attached hydrogens (tertiary/aromatic N) is 5. The number of sulfonamides is 1. The molecule has 0 atom stereocenters. The first-order valence-corrected chi connectivity index (χ1v) is 14.1. The van der Waals surface area contributed by atoms with Crippen LogP contribution in [-0.4, -0.2) is 42.7 Å². The fourth-order valence-corrected chi connectivity index (χ4v) is 5.45. The Morgan fingerprint density at radius 2 is 1.86 bits per heavy atom. The van der Waals surface area contributed by atoms with Crippen LogP contribution in [0.1, 0.15) is 55.5 Å². The summed E-state index contributed by atoms with van der Waals surface area (Å²) >= 11 is 0. The zero-order valence-electron chi connectivity index (χ0n) is 21.2. The van der Waals surface area contributed by atoms with E-state index < -0.39 is 10.0 Å². The minimum atomic E-state index is -3.46. The van der Waals surface area contributed by atoms with Crippen LogP contribution in [0.3, 0.4) is 0 Å². The molecule has 1 aromatic carbocycles. The molecule has 1 aliphatic carbocycles. The smallest absolute Gasteiger partial charge is 0.236 e. The Kier molecular flexibility index (Phi) is 6.28. The van der Waals surface area contributed by atoms with Crippen molar-refractivity contribution < 1.29 is 13.2 Å². The van der Waals surface area contributed by atoms with Gasteiger partial charge in [0.15, 0.2) is 0 Å². The van der Waals surface area contributed by atoms with E-state index in [4.69, 9.17) is 9.72 Å². The van der Waals surface area contributed by atoms with Gasteiger partial charge >= 0.3 is 0 Å². The van der Waals surface area contributed by atoms with Gasteiger partial charge in [-0.2, -0.15) is 5.26 Å². The summed E-state index contributed by atoms with van der Waals surface area (Å²) in [5.74, 6) is 1.46. The van der Waals surface area contributed by atoms with E-state index in [0.29, 0.717) is 22.4 Å². The monoisotopic (exact) mass is 518 g/mol. The second-order valence-electron chi connectivity index (χ2n) is 10.6. The van der Waals surface area contributed by atoms with E-state index in [2.05, 4.69) is 39.5 Å². The van der Waals surface area contributed by atoms with Gasteiger partial charge in [-0.25, -0.2) is 23.4 Å². The molecule has 3 aromatic rings. The molecule has 5 rings (SSSR count). The second kappa shape index (κ2) is 9.30. The molecule has 0 radical (unpaired) electrons. The maximum Gasteiger partial charge on any atom is 0.236 e. The first-order valence-electron chi connectivity index (χ1n) is 12.3. The minimum absolute atomic E-state index is 0.00807. The summed E-state index contributed by atoms with van der Waals surface area (Å²) in [5, 5.41) is 9.84. The summed E-state index contributed by atoms with van der Waals surface area (Å²) in [5.41, 5.74) is 3.32. The van der Waals surface area contributed by atoms with Crippen molar-refractivity contribution in [2.75, 3.05) is 29.0 Å². The van der Waals surface area contributed by atoms with Crippen LogP contribution in [0.2, 0.25) is 0 Å². The van der Waals surface area contributed by atoms with E-state index in [1.165, 1.54) is 25.5 Å². The largest absolute Gasteiger partial charge is 0.487 e. The topological polar surface area (TPSA) is 121 Å². The van der Waals surface area contributed by atoms with Gasteiger partial charge in [-0.1, -0.05) is 32.4 Å². The van der Waals surface area contributed by atoms with Gasteiger partial charge in [0.25, 0.3) is 0 Å². The standard InChI is InChI=1S/C27H30N6O3S/c1-26(2,21-13-19(14-28)24(30-15-21)33-17-27(18-33)10-4-11-27)20-5-7-23(8-6-20)36-16-22-9-12-29-25(31-22)32-37(3,34)35/h5-9,12-13,15H,4,10-11,16-18H2,1-3H3,(H,29,31,32). The van der Waals surface area contributed by atoms with E-state index >= 15 is 0 Å². The minimum Gasteiger partial charge on any atom is -0.487 e. The molecule has 1 aliphatic heterocycles. The van der Waals surface area contributed by atoms with Crippen molar-refractivity contribution in [2.24, 2.45) is 5.41 Å². The number of nitriles is 1. The molecule has 1 saturated heterocycles. The first-order chi connectivity index (χ1) is 17.6. The lowest BCUT2D eigenvalue weighted by atomic mass is 9.63. The van der Waals surface area contributed by atoms with Gasteiger partial charge in [0.05, 0.1) is 17.5 Å². The van der Waals surface area contributed by atoms with Crippen LogP contribution in [0.15, 0.2) is 48.8 Å². The maximum atomic E-state index is 11.4. The zero-order valence-corrected chi connectivity index (χ0v) is 22.0. The lowest BCUT2D eigenvalue weighted by Crippen LogP contribution is -2.60. The van der Waals surface area contributed by atoms with Crippen LogP contribution in [0, 0.1) is 16.7 Å². The van der Waals surface area contributed by atoms with Crippen molar-refractivity contribution in [1.29, 1.82) is 5.26 Å². The lowest BCUT2D eigenvalue weighted by molar-refractivity contribution is 0.0896. The molecule has 37 heavy (non-hydrogen) atoms. The van der Waals surface area contributed by atoms with Crippen LogP contribution in [0.5, 0.6) is 5.75 Å². The van der Waals surface area contributed by atoms with Gasteiger partial charge in [0, 0.05) is 36.3 Å². The predicted octanol–water partition coefficient (Wildman–Crippen LogP) is 4.01. The average Bonchev–Trinajstić information content (AvgIpc) is 2.80. The Morgan fingerprint density at radius 1 is 1.14 bits per heavy atom. The number of hydrogen-bond donors (Lipinski definition) is 1. The zero-order chi connectivity index (χ0) is 26.3. The second-order valence-corrected chi connectivity index (χ2v) is 12.3. The van der Waals surface area contributed by atoms with E-state index in [1.807, 2.05) is 36.5 Å². The number of anilines is 2. The van der Waals surface area contributed by atoms with E-state index in [1.54, 1.807) is 6.07 Å². The van der Waals surface area contributed by atoms with Gasteiger partial charge in [-0.15, -0.1) is 0 Å². The number of ether oxygens (including phenoxy) is 1. The molecule has 3 heterocycles. The number of aromatic nitrogens is 3. The highest BCUT2D eigenvalue weighted by Crippen LogP contribution is 2.49. The van der Waals surface area contributed by atoms with Crippen molar-refractivity contribution in [3.8, 4) is 11.8 Å². The molecule has 2 aliphatic rings. The molecule has 9 nitrogen and oxygen atoms in total. The molecular weight excluding hydrogens is 488 g/mol. The summed E-state index contributed by atoms with van der Waals surface area (Å²) in [6.45, 7) is 6.40. The third-order valence-corrected chi connectivity index (χ3v) is 7.98. The van der Waals surface area contributed by atoms with Gasteiger partial charge < -0.3 is 9.64 Å². The molecule has 1 saturated carbocycles. The fraction of sp³-hybridized carbons (Fsp3) is 0.407. The molecule has 1 N–H and O–H groups in total. The summed E-state index contributed by atoms with van der Waals surface area (Å²) in [6.07, 6.45) is 8.31. The third-order valence-electron chi connectivity index (χ3n) is 7.43. The van der Waals surface area contributed by atoms with Crippen LogP contribution >= 0.6 is 0 Å². The quantitative estimate of drug-likeness (QED) is 0.475. The predicted molar refractivity (Wildman–Crippen MR) is 141 cm³/mol. The SMILES string of the molecule is CC(C)(c1ccc(OCc2ccnc(NS(C)(=O)=O)n2)cc1)c1cnc(N2CC3(CCC3)C2)c(C#N)c1. The van der Waals surface area contributed by atoms with Crippen LogP contribution < -0.4 is 14.4 Å². The van der Waals surface area contributed by atoms with E-state index in [-0.39, 0.29) is 18.0 Å². The van der Waals surface area contributed by atoms with Crippen molar-refractivity contribution in [2.45, 2.75) is 45.1 Å². The van der Waals surface area contributed by atoms with Crippen LogP contribution in [0.4, 0.5) is 11.8 Å². The summed E-state index contributed by atoms with van der Waals surface area (Å²) in [7, 11) is -3.46. The Labute approximate surface area is 217 Å². The number of benzene rings is 1. The van der Waals surface area contributed by atoms with Crippen molar-refractivity contribution >= 4 is 21.8 Å². The fourth-order valence-electron chi connectivity index (χ4n) is 5.02. The summed E-state index contributed by atoms with van der Waals surface area (Å²) in [6, 6.07) is 13.8. The highest BCUT2D eigenvalue weighted by Gasteiger charge is 2.48. The van der Waals surface area contributed by atoms with Crippen molar-refractivity contribution in [3.05, 3.63) is 71.2 Å². The highest BCUT2D eigenvalue weighted by atomic mass is 32.2. The van der Waals surface area contributed by atoms with Gasteiger partial charge in [0.2, 0.25) is 16.0 Å². The average molecular weight is 519 g/mol. The first kappa shape index (κ1) is 25.0. The molecule has 10 heteroatoms. The Balaban J connectivity index is 1.26. The maximum absolute atomic E-state index is 11.4. The van der Waals surface area contributed by atoms with E-state index in [9.17, 15) is 13.7 Å². The van der Waals surface area contributed by atoms with Gasteiger partial charge in [-0.05, 0) is 48.2 Å². The van der Waals surface area contributed by atoms with Gasteiger partial charge in [0.1, 0.15) is 24.2 Å². The highest BCUT2D eigenvalue weighted by molar-refractivity contribution is 7.91. The normalized spacial score (nSPS) is 16.4. The Bertz CT molecular complexity index is 1450. The van der Waals surface area contributed by atoms with E-state index in [0.717, 1.165) is 36.3 Å². The van der Waals surface area contributed by atoms with Crippen LogP contribution in [0.25, 0.3) is 0 Å². The molecule has 0 bridgehead atoms. The molecule has 192 valence electrons. The lowest BCUT2D eigenvalue weighted by Gasteiger charge is -2.56. The summed E-state index contributed by atoms with van der Waals surface area (Å²) < 4.78 is 30.9. The molecule has 2 fully saturated rings. The van der Waals surface area contributed by atoms with Crippen LogP contribution in [-0.2, 0) is 22.0 Å². The van der Waals surface area contributed by atoms with Gasteiger partial charge in [-0.3, -0.25) is 4.72 Å². The molecular formula is C27H30N6O3S. The Morgan fingerprint density at radius 3 is 2.49 bits per heavy atom. The molecule has 0 amide bonds. The number of rotatable bonds is 8.